The molecular weight excluding hydrogens is 208 g/mol. The van der Waals surface area contributed by atoms with Gasteiger partial charge in [0, 0.05) is 5.25 Å². The minimum atomic E-state index is -0.430. The van der Waals surface area contributed by atoms with Gasteiger partial charge in [0.25, 0.3) is 0 Å². The number of aliphatic hydroxyl groups excluding tert-OH is 1. The first-order valence-corrected chi connectivity index (χ1v) is 6.46. The highest BCUT2D eigenvalue weighted by atomic mass is 32.2. The molecule has 0 aromatic rings. The van der Waals surface area contributed by atoms with E-state index in [0.29, 0.717) is 0 Å². The molecule has 15 heavy (non-hydrogen) atoms. The largest absolute Gasteiger partial charge is 0.392 e. The number of hydrogen-bond acceptors (Lipinski definition) is 4. The third kappa shape index (κ3) is 6.03. The molecule has 0 aromatic carbocycles. The Hall–Kier alpha value is -0.240. The maximum atomic E-state index is 9.31. The standard InChI is InChI=1S/C11H22N2OS/c1-5-13-11(4,8-12)6-7-15-10(3)9(2)14/h9-10,13-14H,5-7H2,1-4H3. The molecule has 0 saturated carbocycles. The predicted octanol–water partition coefficient (Wildman–Crippen LogP) is 1.77. The molecule has 2 N–H and O–H groups in total. The second-order valence-corrected chi connectivity index (χ2v) is 5.53. The summed E-state index contributed by atoms with van der Waals surface area (Å²) in [5, 5.41) is 21.7. The molecule has 88 valence electrons. The van der Waals surface area contributed by atoms with Gasteiger partial charge in [-0.15, -0.1) is 0 Å². The fraction of sp³-hybridized carbons (Fsp3) is 0.909. The minimum Gasteiger partial charge on any atom is -0.392 e. The van der Waals surface area contributed by atoms with E-state index in [-0.39, 0.29) is 11.4 Å². The Balaban J connectivity index is 3.88. The van der Waals surface area contributed by atoms with Gasteiger partial charge in [0.1, 0.15) is 5.54 Å². The van der Waals surface area contributed by atoms with Crippen molar-refractivity contribution in [3.63, 3.8) is 0 Å². The third-order valence-corrected chi connectivity index (χ3v) is 3.84. The lowest BCUT2D eigenvalue weighted by atomic mass is 10.0. The average molecular weight is 230 g/mol. The van der Waals surface area contributed by atoms with Crippen molar-refractivity contribution >= 4 is 11.8 Å². The van der Waals surface area contributed by atoms with Crippen LogP contribution in [0.4, 0.5) is 0 Å². The highest BCUT2D eigenvalue weighted by molar-refractivity contribution is 7.99. The van der Waals surface area contributed by atoms with E-state index in [1.165, 1.54) is 0 Å². The summed E-state index contributed by atoms with van der Waals surface area (Å²) in [6, 6.07) is 2.30. The lowest BCUT2D eigenvalue weighted by molar-refractivity contribution is 0.196. The van der Waals surface area contributed by atoms with Crippen LogP contribution in [0.15, 0.2) is 0 Å². The van der Waals surface area contributed by atoms with E-state index in [2.05, 4.69) is 11.4 Å². The molecule has 3 unspecified atom stereocenters. The van der Waals surface area contributed by atoms with Crippen LogP contribution in [0.2, 0.25) is 0 Å². The van der Waals surface area contributed by atoms with Crippen molar-refractivity contribution in [2.75, 3.05) is 12.3 Å². The molecule has 0 aliphatic carbocycles. The molecule has 0 bridgehead atoms. The molecule has 3 nitrogen and oxygen atoms in total. The van der Waals surface area contributed by atoms with E-state index in [1.54, 1.807) is 18.7 Å². The summed E-state index contributed by atoms with van der Waals surface area (Å²) >= 11 is 1.71. The molecule has 0 rings (SSSR count). The number of rotatable bonds is 7. The summed E-state index contributed by atoms with van der Waals surface area (Å²) < 4.78 is 0. The van der Waals surface area contributed by atoms with E-state index >= 15 is 0 Å². The molecule has 4 heteroatoms. The zero-order valence-electron chi connectivity index (χ0n) is 10.1. The topological polar surface area (TPSA) is 56.0 Å². The quantitative estimate of drug-likeness (QED) is 0.700. The van der Waals surface area contributed by atoms with Crippen molar-refractivity contribution in [1.29, 1.82) is 5.26 Å². The van der Waals surface area contributed by atoms with Gasteiger partial charge in [-0.1, -0.05) is 13.8 Å². The second kappa shape index (κ2) is 7.10. The van der Waals surface area contributed by atoms with E-state index < -0.39 is 5.54 Å². The Morgan fingerprint density at radius 3 is 2.53 bits per heavy atom. The minimum absolute atomic E-state index is 0.231. The molecule has 3 atom stereocenters. The van der Waals surface area contributed by atoms with Crippen molar-refractivity contribution in [1.82, 2.24) is 5.32 Å². The van der Waals surface area contributed by atoms with Gasteiger partial charge in [0.05, 0.1) is 12.2 Å². The Kier molecular flexibility index (Phi) is 6.99. The molecule has 0 radical (unpaired) electrons. The molecule has 0 aliphatic rings. The Morgan fingerprint density at radius 2 is 2.13 bits per heavy atom. The normalized spacial score (nSPS) is 18.9. The van der Waals surface area contributed by atoms with Crippen LogP contribution in [0.3, 0.4) is 0 Å². The van der Waals surface area contributed by atoms with Crippen LogP contribution in [0.25, 0.3) is 0 Å². The second-order valence-electron chi connectivity index (χ2n) is 4.04. The monoisotopic (exact) mass is 230 g/mol. The number of thioether (sulfide) groups is 1. The summed E-state index contributed by atoms with van der Waals surface area (Å²) in [6.07, 6.45) is 0.515. The number of nitrogens with zero attached hydrogens (tertiary/aromatic N) is 1. The first kappa shape index (κ1) is 14.8. The molecule has 0 heterocycles. The first-order valence-electron chi connectivity index (χ1n) is 5.41. The molecule has 0 fully saturated rings. The van der Waals surface area contributed by atoms with Crippen molar-refractivity contribution in [3.8, 4) is 6.07 Å². The summed E-state index contributed by atoms with van der Waals surface area (Å²) in [4.78, 5) is 0. The predicted molar refractivity (Wildman–Crippen MR) is 65.9 cm³/mol. The van der Waals surface area contributed by atoms with Crippen LogP contribution in [0, 0.1) is 11.3 Å². The van der Waals surface area contributed by atoms with Crippen LogP contribution in [0.5, 0.6) is 0 Å². The van der Waals surface area contributed by atoms with E-state index in [9.17, 15) is 5.11 Å². The van der Waals surface area contributed by atoms with E-state index in [0.717, 1.165) is 18.7 Å². The van der Waals surface area contributed by atoms with Gasteiger partial charge in [-0.05, 0) is 32.6 Å². The lowest BCUT2D eigenvalue weighted by Gasteiger charge is -2.23. The molecule has 0 amide bonds. The molecular formula is C11H22N2OS. The smallest absolute Gasteiger partial charge is 0.104 e. The van der Waals surface area contributed by atoms with E-state index in [1.807, 2.05) is 20.8 Å². The van der Waals surface area contributed by atoms with Gasteiger partial charge in [-0.3, -0.25) is 5.32 Å². The zero-order chi connectivity index (χ0) is 11.9. The Morgan fingerprint density at radius 1 is 1.53 bits per heavy atom. The summed E-state index contributed by atoms with van der Waals surface area (Å²) in [5.74, 6) is 0.892. The van der Waals surface area contributed by atoms with Crippen LogP contribution < -0.4 is 5.32 Å². The summed E-state index contributed by atoms with van der Waals surface area (Å²) in [7, 11) is 0. The number of nitriles is 1. The van der Waals surface area contributed by atoms with Crippen LogP contribution in [0.1, 0.15) is 34.1 Å². The fourth-order valence-corrected chi connectivity index (χ4v) is 2.34. The van der Waals surface area contributed by atoms with Gasteiger partial charge in [-0.2, -0.15) is 17.0 Å². The average Bonchev–Trinajstić information content (AvgIpc) is 2.18. The van der Waals surface area contributed by atoms with Gasteiger partial charge >= 0.3 is 0 Å². The maximum absolute atomic E-state index is 9.31. The molecule has 0 aliphatic heterocycles. The van der Waals surface area contributed by atoms with Crippen LogP contribution in [-0.4, -0.2) is 34.3 Å². The van der Waals surface area contributed by atoms with Gasteiger partial charge in [0.2, 0.25) is 0 Å². The van der Waals surface area contributed by atoms with Gasteiger partial charge in [-0.25, -0.2) is 0 Å². The lowest BCUT2D eigenvalue weighted by Crippen LogP contribution is -2.41. The van der Waals surface area contributed by atoms with E-state index in [4.69, 9.17) is 5.26 Å². The maximum Gasteiger partial charge on any atom is 0.104 e. The number of nitrogens with one attached hydrogen (secondary N) is 1. The molecule has 0 spiro atoms. The van der Waals surface area contributed by atoms with Crippen LogP contribution in [-0.2, 0) is 0 Å². The van der Waals surface area contributed by atoms with Crippen LogP contribution >= 0.6 is 11.8 Å². The summed E-state index contributed by atoms with van der Waals surface area (Å²) in [6.45, 7) is 8.53. The van der Waals surface area contributed by atoms with Crippen molar-refractivity contribution in [2.45, 2.75) is 51.0 Å². The summed E-state index contributed by atoms with van der Waals surface area (Å²) in [5.41, 5.74) is -0.430. The van der Waals surface area contributed by atoms with Crippen molar-refractivity contribution < 1.29 is 5.11 Å². The highest BCUT2D eigenvalue weighted by Crippen LogP contribution is 2.19. The highest BCUT2D eigenvalue weighted by Gasteiger charge is 2.22. The Labute approximate surface area is 97.2 Å². The van der Waals surface area contributed by atoms with Gasteiger partial charge < -0.3 is 5.11 Å². The van der Waals surface area contributed by atoms with Crippen molar-refractivity contribution in [2.24, 2.45) is 0 Å². The Bertz CT molecular complexity index is 215. The molecule has 0 saturated heterocycles. The molecule has 0 aromatic heterocycles. The SMILES string of the molecule is CCNC(C)(C#N)CCSC(C)C(C)O. The fourth-order valence-electron chi connectivity index (χ4n) is 1.16. The van der Waals surface area contributed by atoms with Gasteiger partial charge in [0.15, 0.2) is 0 Å². The zero-order valence-corrected chi connectivity index (χ0v) is 10.9. The number of hydrogen-bond donors (Lipinski definition) is 2. The number of aliphatic hydroxyl groups is 1. The first-order chi connectivity index (χ1) is 6.95. The van der Waals surface area contributed by atoms with Crippen molar-refractivity contribution in [3.05, 3.63) is 0 Å². The third-order valence-electron chi connectivity index (χ3n) is 2.48.